The van der Waals surface area contributed by atoms with Gasteiger partial charge < -0.3 is 14.5 Å². The van der Waals surface area contributed by atoms with Crippen molar-refractivity contribution in [2.24, 2.45) is 0 Å². The van der Waals surface area contributed by atoms with E-state index in [1.54, 1.807) is 36.4 Å². The van der Waals surface area contributed by atoms with E-state index >= 15 is 0 Å². The highest BCUT2D eigenvalue weighted by Gasteiger charge is 2.23. The third kappa shape index (κ3) is 5.54. The number of anilines is 1. The molecule has 1 aliphatic rings. The molecule has 0 bridgehead atoms. The monoisotopic (exact) mass is 472 g/mol. The third-order valence-corrected chi connectivity index (χ3v) is 6.27. The maximum Gasteiger partial charge on any atom is 0.271 e. The highest BCUT2D eigenvalue weighted by atomic mass is 35.5. The van der Waals surface area contributed by atoms with Crippen molar-refractivity contribution in [3.8, 4) is 5.75 Å². The average molecular weight is 473 g/mol. The smallest absolute Gasteiger partial charge is 0.271 e. The molecule has 0 spiro atoms. The van der Waals surface area contributed by atoms with E-state index in [0.717, 1.165) is 16.4 Å². The van der Waals surface area contributed by atoms with Crippen LogP contribution in [0.2, 0.25) is 5.02 Å². The van der Waals surface area contributed by atoms with Crippen LogP contribution >= 0.6 is 22.9 Å². The first kappa shape index (κ1) is 22.0. The minimum Gasteiger partial charge on any atom is -0.486 e. The number of carbonyl (C=O) groups excluding carboxylic acids is 1. The minimum atomic E-state index is -0.397. The van der Waals surface area contributed by atoms with E-state index in [2.05, 4.69) is 9.88 Å². The van der Waals surface area contributed by atoms with Crippen molar-refractivity contribution in [2.75, 3.05) is 31.1 Å². The molecule has 0 unspecified atom stereocenters. The van der Waals surface area contributed by atoms with Gasteiger partial charge in [0.2, 0.25) is 5.91 Å². The molecular weight excluding hydrogens is 452 g/mol. The number of nitro benzene ring substituents is 1. The third-order valence-electron chi connectivity index (χ3n) is 5.15. The largest absolute Gasteiger partial charge is 0.486 e. The summed E-state index contributed by atoms with van der Waals surface area (Å²) in [5.74, 6) is 0.739. The summed E-state index contributed by atoms with van der Waals surface area (Å²) in [4.78, 5) is 31.7. The van der Waals surface area contributed by atoms with Gasteiger partial charge in [0, 0.05) is 54.4 Å². The van der Waals surface area contributed by atoms with E-state index in [1.807, 2.05) is 16.3 Å². The molecule has 2 aromatic carbocycles. The van der Waals surface area contributed by atoms with E-state index in [-0.39, 0.29) is 18.0 Å². The van der Waals surface area contributed by atoms with Crippen molar-refractivity contribution < 1.29 is 14.5 Å². The summed E-state index contributed by atoms with van der Waals surface area (Å²) in [6, 6.07) is 13.7. The number of carbonyl (C=O) groups is 1. The molecule has 0 saturated carbocycles. The molecule has 4 rings (SSSR count). The fourth-order valence-electron chi connectivity index (χ4n) is 3.46. The normalized spacial score (nSPS) is 13.8. The molecule has 1 aliphatic heterocycles. The van der Waals surface area contributed by atoms with Crippen molar-refractivity contribution >= 4 is 40.2 Å². The lowest BCUT2D eigenvalue weighted by atomic mass is 10.2. The number of ether oxygens (including phenoxy) is 1. The summed E-state index contributed by atoms with van der Waals surface area (Å²) in [6.45, 7) is 2.73. The van der Waals surface area contributed by atoms with E-state index in [1.165, 1.54) is 17.4 Å². The number of amides is 1. The Hall–Kier alpha value is -3.17. The van der Waals surface area contributed by atoms with Crippen molar-refractivity contribution in [1.29, 1.82) is 0 Å². The standard InChI is InChI=1S/C22H21ClN4O4S/c23-16-4-6-20(7-5-16)31-14-21-24-17(15-32-21)12-22(28)26-10-8-25(9-11-26)18-2-1-3-19(13-18)27(29)30/h1-7,13,15H,8-12,14H2. The number of aromatic nitrogens is 1. The van der Waals surface area contributed by atoms with Crippen LogP contribution in [0.15, 0.2) is 53.9 Å². The lowest BCUT2D eigenvalue weighted by Crippen LogP contribution is -2.49. The van der Waals surface area contributed by atoms with Gasteiger partial charge in [-0.3, -0.25) is 14.9 Å². The van der Waals surface area contributed by atoms with Gasteiger partial charge in [-0.2, -0.15) is 0 Å². The molecule has 8 nitrogen and oxygen atoms in total. The lowest BCUT2D eigenvalue weighted by molar-refractivity contribution is -0.384. The molecule has 1 amide bonds. The fourth-order valence-corrected chi connectivity index (χ4v) is 4.29. The molecule has 10 heteroatoms. The van der Waals surface area contributed by atoms with Crippen LogP contribution < -0.4 is 9.64 Å². The first-order valence-corrected chi connectivity index (χ1v) is 11.3. The number of piperazine rings is 1. The summed E-state index contributed by atoms with van der Waals surface area (Å²) in [5.41, 5.74) is 1.60. The first-order valence-electron chi connectivity index (χ1n) is 10.1. The van der Waals surface area contributed by atoms with E-state index in [0.29, 0.717) is 43.6 Å². The predicted octanol–water partition coefficient (Wildman–Crippen LogP) is 4.18. The average Bonchev–Trinajstić information content (AvgIpc) is 3.26. The van der Waals surface area contributed by atoms with Crippen LogP contribution in [0, 0.1) is 10.1 Å². The molecule has 0 radical (unpaired) electrons. The summed E-state index contributed by atoms with van der Waals surface area (Å²) in [5, 5.41) is 14.3. The Bertz CT molecular complexity index is 1100. The van der Waals surface area contributed by atoms with Crippen LogP contribution in [0.3, 0.4) is 0 Å². The van der Waals surface area contributed by atoms with Crippen LogP contribution in [0.4, 0.5) is 11.4 Å². The molecule has 3 aromatic rings. The van der Waals surface area contributed by atoms with Crippen LogP contribution in [0.1, 0.15) is 10.7 Å². The lowest BCUT2D eigenvalue weighted by Gasteiger charge is -2.36. The molecule has 1 fully saturated rings. The second kappa shape index (κ2) is 9.97. The van der Waals surface area contributed by atoms with Gasteiger partial charge in [-0.15, -0.1) is 11.3 Å². The maximum atomic E-state index is 12.7. The number of halogens is 1. The first-order chi connectivity index (χ1) is 15.5. The highest BCUT2D eigenvalue weighted by Crippen LogP contribution is 2.23. The maximum absolute atomic E-state index is 12.7. The molecule has 0 N–H and O–H groups in total. The number of rotatable bonds is 7. The second-order valence-corrected chi connectivity index (χ2v) is 8.68. The van der Waals surface area contributed by atoms with E-state index in [4.69, 9.17) is 16.3 Å². The topological polar surface area (TPSA) is 88.8 Å². The van der Waals surface area contributed by atoms with Gasteiger partial charge in [-0.05, 0) is 30.3 Å². The number of hydrogen-bond donors (Lipinski definition) is 0. The predicted molar refractivity (Wildman–Crippen MR) is 123 cm³/mol. The Morgan fingerprint density at radius 3 is 2.62 bits per heavy atom. The zero-order chi connectivity index (χ0) is 22.5. The number of thiazole rings is 1. The van der Waals surface area contributed by atoms with E-state index in [9.17, 15) is 14.9 Å². The summed E-state index contributed by atoms with van der Waals surface area (Å²) >= 11 is 7.34. The number of non-ortho nitro benzene ring substituents is 1. The number of nitrogens with zero attached hydrogens (tertiary/aromatic N) is 4. The van der Waals surface area contributed by atoms with Gasteiger partial charge >= 0.3 is 0 Å². The molecule has 32 heavy (non-hydrogen) atoms. The van der Waals surface area contributed by atoms with Crippen molar-refractivity contribution in [3.63, 3.8) is 0 Å². The minimum absolute atomic E-state index is 0.0270. The van der Waals surface area contributed by atoms with Crippen molar-refractivity contribution in [2.45, 2.75) is 13.0 Å². The Balaban J connectivity index is 1.26. The summed E-state index contributed by atoms with van der Waals surface area (Å²) < 4.78 is 5.70. The van der Waals surface area contributed by atoms with E-state index < -0.39 is 4.92 Å². The van der Waals surface area contributed by atoms with Crippen LogP contribution in [-0.2, 0) is 17.8 Å². The Kier molecular flexibility index (Phi) is 6.87. The molecule has 1 aromatic heterocycles. The quantitative estimate of drug-likeness (QED) is 0.378. The van der Waals surface area contributed by atoms with Crippen LogP contribution in [0.25, 0.3) is 0 Å². The molecule has 2 heterocycles. The molecule has 0 atom stereocenters. The zero-order valence-electron chi connectivity index (χ0n) is 17.1. The van der Waals surface area contributed by atoms with Crippen LogP contribution in [-0.4, -0.2) is 46.9 Å². The van der Waals surface area contributed by atoms with Gasteiger partial charge in [0.1, 0.15) is 17.4 Å². The molecule has 0 aliphatic carbocycles. The molecule has 166 valence electrons. The van der Waals surface area contributed by atoms with Gasteiger partial charge in [-0.25, -0.2) is 4.98 Å². The summed E-state index contributed by atoms with van der Waals surface area (Å²) in [7, 11) is 0. The van der Waals surface area contributed by atoms with Gasteiger partial charge in [-0.1, -0.05) is 17.7 Å². The molecule has 1 saturated heterocycles. The Labute approximate surface area is 194 Å². The Morgan fingerprint density at radius 1 is 1.16 bits per heavy atom. The zero-order valence-corrected chi connectivity index (χ0v) is 18.7. The fraction of sp³-hybridized carbons (Fsp3) is 0.273. The second-order valence-electron chi connectivity index (χ2n) is 7.30. The SMILES string of the molecule is O=C(Cc1csc(COc2ccc(Cl)cc2)n1)N1CCN(c2cccc([N+](=O)[O-])c2)CC1. The summed E-state index contributed by atoms with van der Waals surface area (Å²) in [6.07, 6.45) is 0.244. The van der Waals surface area contributed by atoms with Crippen molar-refractivity contribution in [1.82, 2.24) is 9.88 Å². The number of hydrogen-bond acceptors (Lipinski definition) is 7. The van der Waals surface area contributed by atoms with Gasteiger partial charge in [0.05, 0.1) is 17.0 Å². The van der Waals surface area contributed by atoms with Gasteiger partial charge in [0.15, 0.2) is 0 Å². The molecular formula is C22H21ClN4O4S. The number of benzene rings is 2. The Morgan fingerprint density at radius 2 is 1.91 bits per heavy atom. The van der Waals surface area contributed by atoms with Crippen LogP contribution in [0.5, 0.6) is 5.75 Å². The highest BCUT2D eigenvalue weighted by molar-refractivity contribution is 7.09. The number of nitro groups is 1. The van der Waals surface area contributed by atoms with Gasteiger partial charge in [0.25, 0.3) is 5.69 Å². The van der Waals surface area contributed by atoms with Crippen molar-refractivity contribution in [3.05, 3.63) is 79.7 Å².